The molecule has 0 spiro atoms. The fraction of sp³-hybridized carbons (Fsp3) is 0.333. The Morgan fingerprint density at radius 1 is 1.42 bits per heavy atom. The van der Waals surface area contributed by atoms with Gasteiger partial charge >= 0.3 is 0 Å². The van der Waals surface area contributed by atoms with Crippen molar-refractivity contribution in [2.24, 2.45) is 5.73 Å². The molecule has 0 aliphatic carbocycles. The van der Waals surface area contributed by atoms with Crippen LogP contribution in [0.2, 0.25) is 0 Å². The fourth-order valence-electron chi connectivity index (χ4n) is 1.34. The Morgan fingerprint density at radius 3 is 3.00 bits per heavy atom. The largest absolute Gasteiger partial charge is 0.493 e. The number of hydrogen-bond acceptors (Lipinski definition) is 2. The van der Waals surface area contributed by atoms with Crippen molar-refractivity contribution in [3.05, 3.63) is 29.3 Å². The standard InChI is InChI=1S/C9H11NO.ClH/c10-6-7-1-2-8-3-4-11-9(8)5-7;/h1-2,5H,3-4,6,10H2;1H. The van der Waals surface area contributed by atoms with Crippen LogP contribution in [-0.4, -0.2) is 6.61 Å². The van der Waals surface area contributed by atoms with Crippen molar-refractivity contribution in [3.63, 3.8) is 0 Å². The molecule has 1 aromatic rings. The van der Waals surface area contributed by atoms with Crippen LogP contribution in [0, 0.1) is 0 Å². The van der Waals surface area contributed by atoms with E-state index in [1.165, 1.54) is 5.56 Å². The Bertz CT molecular complexity index is 275. The average molecular weight is 186 g/mol. The second-order valence-corrected chi connectivity index (χ2v) is 2.74. The summed E-state index contributed by atoms with van der Waals surface area (Å²) in [6.45, 7) is 1.42. The van der Waals surface area contributed by atoms with E-state index in [1.54, 1.807) is 0 Å². The molecule has 0 aromatic heterocycles. The van der Waals surface area contributed by atoms with Crippen LogP contribution in [0.15, 0.2) is 18.2 Å². The minimum Gasteiger partial charge on any atom is -0.493 e. The predicted molar refractivity (Wildman–Crippen MR) is 50.8 cm³/mol. The lowest BCUT2D eigenvalue weighted by Gasteiger charge is -2.00. The molecule has 12 heavy (non-hydrogen) atoms. The van der Waals surface area contributed by atoms with E-state index >= 15 is 0 Å². The second kappa shape index (κ2) is 3.78. The molecule has 2 nitrogen and oxygen atoms in total. The van der Waals surface area contributed by atoms with Gasteiger partial charge in [0.25, 0.3) is 0 Å². The third-order valence-electron chi connectivity index (χ3n) is 2.00. The first-order valence-corrected chi connectivity index (χ1v) is 3.85. The van der Waals surface area contributed by atoms with Gasteiger partial charge in [0.2, 0.25) is 0 Å². The van der Waals surface area contributed by atoms with Crippen LogP contribution in [0.5, 0.6) is 5.75 Å². The molecular weight excluding hydrogens is 174 g/mol. The lowest BCUT2D eigenvalue weighted by atomic mass is 10.1. The van der Waals surface area contributed by atoms with E-state index in [1.807, 2.05) is 6.07 Å². The highest BCUT2D eigenvalue weighted by atomic mass is 35.5. The molecule has 0 radical (unpaired) electrons. The highest BCUT2D eigenvalue weighted by Gasteiger charge is 2.10. The summed E-state index contributed by atoms with van der Waals surface area (Å²) in [6, 6.07) is 6.19. The Kier molecular flexibility index (Phi) is 2.95. The summed E-state index contributed by atoms with van der Waals surface area (Å²) < 4.78 is 5.39. The molecular formula is C9H12ClNO. The molecule has 0 atom stereocenters. The third-order valence-corrected chi connectivity index (χ3v) is 2.00. The number of ether oxygens (including phenoxy) is 1. The molecule has 1 aromatic carbocycles. The van der Waals surface area contributed by atoms with E-state index in [0.29, 0.717) is 6.54 Å². The lowest BCUT2D eigenvalue weighted by molar-refractivity contribution is 0.356. The molecule has 1 aliphatic heterocycles. The maximum absolute atomic E-state index is 5.49. The minimum atomic E-state index is 0. The molecule has 1 heterocycles. The molecule has 1 aliphatic rings. The Labute approximate surface area is 78.1 Å². The smallest absolute Gasteiger partial charge is 0.122 e. The zero-order valence-electron chi connectivity index (χ0n) is 6.75. The number of halogens is 1. The zero-order chi connectivity index (χ0) is 7.68. The van der Waals surface area contributed by atoms with Gasteiger partial charge in [-0.1, -0.05) is 12.1 Å². The van der Waals surface area contributed by atoms with Crippen molar-refractivity contribution in [2.45, 2.75) is 13.0 Å². The molecule has 0 bridgehead atoms. The number of hydrogen-bond donors (Lipinski definition) is 1. The van der Waals surface area contributed by atoms with Crippen molar-refractivity contribution in [2.75, 3.05) is 6.61 Å². The summed E-state index contributed by atoms with van der Waals surface area (Å²) in [7, 11) is 0. The number of fused-ring (bicyclic) bond motifs is 1. The SMILES string of the molecule is Cl.NCc1ccc2c(c1)OCC2. The Hall–Kier alpha value is -0.730. The summed E-state index contributed by atoms with van der Waals surface area (Å²) in [5.41, 5.74) is 7.94. The van der Waals surface area contributed by atoms with Gasteiger partial charge in [-0.3, -0.25) is 0 Å². The molecule has 0 saturated carbocycles. The topological polar surface area (TPSA) is 35.2 Å². The van der Waals surface area contributed by atoms with Gasteiger partial charge in [0.1, 0.15) is 5.75 Å². The highest BCUT2D eigenvalue weighted by molar-refractivity contribution is 5.85. The van der Waals surface area contributed by atoms with E-state index in [9.17, 15) is 0 Å². The summed E-state index contributed by atoms with van der Waals surface area (Å²) in [6.07, 6.45) is 1.04. The molecule has 0 fully saturated rings. The fourth-order valence-corrected chi connectivity index (χ4v) is 1.34. The van der Waals surface area contributed by atoms with Gasteiger partial charge in [-0.05, 0) is 17.2 Å². The first-order valence-electron chi connectivity index (χ1n) is 3.85. The second-order valence-electron chi connectivity index (χ2n) is 2.74. The summed E-state index contributed by atoms with van der Waals surface area (Å²) in [4.78, 5) is 0. The van der Waals surface area contributed by atoms with Gasteiger partial charge in [-0.15, -0.1) is 12.4 Å². The van der Waals surface area contributed by atoms with Crippen LogP contribution < -0.4 is 10.5 Å². The van der Waals surface area contributed by atoms with E-state index < -0.39 is 0 Å². The third kappa shape index (κ3) is 1.54. The van der Waals surface area contributed by atoms with Gasteiger partial charge in [0.05, 0.1) is 6.61 Å². The van der Waals surface area contributed by atoms with Gasteiger partial charge in [0, 0.05) is 13.0 Å². The minimum absolute atomic E-state index is 0. The van der Waals surface area contributed by atoms with Crippen LogP contribution in [0.3, 0.4) is 0 Å². The molecule has 3 heteroatoms. The summed E-state index contributed by atoms with van der Waals surface area (Å²) in [5, 5.41) is 0. The maximum Gasteiger partial charge on any atom is 0.122 e. The van der Waals surface area contributed by atoms with Crippen LogP contribution in [0.25, 0.3) is 0 Å². The molecule has 0 unspecified atom stereocenters. The van der Waals surface area contributed by atoms with Crippen LogP contribution in [-0.2, 0) is 13.0 Å². The average Bonchev–Trinajstić information content (AvgIpc) is 2.50. The van der Waals surface area contributed by atoms with Crippen molar-refractivity contribution in [1.29, 1.82) is 0 Å². The Morgan fingerprint density at radius 2 is 2.25 bits per heavy atom. The van der Waals surface area contributed by atoms with Crippen molar-refractivity contribution < 1.29 is 4.74 Å². The Balaban J connectivity index is 0.000000720. The normalized spacial score (nSPS) is 13.1. The van der Waals surface area contributed by atoms with E-state index in [0.717, 1.165) is 24.3 Å². The van der Waals surface area contributed by atoms with Crippen molar-refractivity contribution in [1.82, 2.24) is 0 Å². The highest BCUT2D eigenvalue weighted by Crippen LogP contribution is 2.25. The van der Waals surface area contributed by atoms with Crippen LogP contribution in [0.1, 0.15) is 11.1 Å². The maximum atomic E-state index is 5.49. The lowest BCUT2D eigenvalue weighted by Crippen LogP contribution is -1.95. The van der Waals surface area contributed by atoms with Gasteiger partial charge in [0.15, 0.2) is 0 Å². The van der Waals surface area contributed by atoms with Crippen LogP contribution >= 0.6 is 12.4 Å². The number of nitrogens with two attached hydrogens (primary N) is 1. The van der Waals surface area contributed by atoms with E-state index in [4.69, 9.17) is 10.5 Å². The number of rotatable bonds is 1. The monoisotopic (exact) mass is 185 g/mol. The first-order chi connectivity index (χ1) is 5.40. The number of benzene rings is 1. The molecule has 0 saturated heterocycles. The molecule has 66 valence electrons. The summed E-state index contributed by atoms with van der Waals surface area (Å²) in [5.74, 6) is 1.02. The van der Waals surface area contributed by atoms with Crippen molar-refractivity contribution >= 4 is 12.4 Å². The quantitative estimate of drug-likeness (QED) is 0.720. The molecule has 2 N–H and O–H groups in total. The zero-order valence-corrected chi connectivity index (χ0v) is 7.56. The van der Waals surface area contributed by atoms with Gasteiger partial charge in [-0.2, -0.15) is 0 Å². The summed E-state index contributed by atoms with van der Waals surface area (Å²) >= 11 is 0. The predicted octanol–water partition coefficient (Wildman–Crippen LogP) is 1.50. The first kappa shape index (κ1) is 9.36. The van der Waals surface area contributed by atoms with Crippen LogP contribution in [0.4, 0.5) is 0 Å². The molecule has 0 amide bonds. The van der Waals surface area contributed by atoms with Crippen molar-refractivity contribution in [3.8, 4) is 5.75 Å². The molecule has 2 rings (SSSR count). The van der Waals surface area contributed by atoms with E-state index in [2.05, 4.69) is 12.1 Å². The van der Waals surface area contributed by atoms with Gasteiger partial charge < -0.3 is 10.5 Å². The van der Waals surface area contributed by atoms with Gasteiger partial charge in [-0.25, -0.2) is 0 Å². The van der Waals surface area contributed by atoms with E-state index in [-0.39, 0.29) is 12.4 Å².